The van der Waals surface area contributed by atoms with Crippen molar-refractivity contribution in [3.05, 3.63) is 64.2 Å². The second kappa shape index (κ2) is 5.36. The van der Waals surface area contributed by atoms with Crippen LogP contribution in [0.1, 0.15) is 15.9 Å². The highest BCUT2D eigenvalue weighted by Gasteiger charge is 2.15. The molecule has 0 aromatic heterocycles. The van der Waals surface area contributed by atoms with Gasteiger partial charge in [0.15, 0.2) is 0 Å². The number of rotatable bonds is 2. The smallest absolute Gasteiger partial charge is 0.346 e. The summed E-state index contributed by atoms with van der Waals surface area (Å²) in [6.07, 6.45) is 0. The first-order valence-electron chi connectivity index (χ1n) is 5.41. The van der Waals surface area contributed by atoms with Crippen LogP contribution in [0.5, 0.6) is 5.75 Å². The van der Waals surface area contributed by atoms with Crippen molar-refractivity contribution >= 4 is 17.6 Å². The maximum absolute atomic E-state index is 13.4. The monoisotopic (exact) mass is 282 g/mol. The summed E-state index contributed by atoms with van der Waals surface area (Å²) in [4.78, 5) is 11.8. The molecule has 0 heterocycles. The van der Waals surface area contributed by atoms with Gasteiger partial charge in [0.05, 0.1) is 5.56 Å². The Morgan fingerprint density at radius 2 is 1.89 bits per heavy atom. The van der Waals surface area contributed by atoms with Crippen LogP contribution in [0.3, 0.4) is 0 Å². The van der Waals surface area contributed by atoms with Crippen molar-refractivity contribution in [1.29, 1.82) is 0 Å². The Morgan fingerprint density at radius 3 is 2.53 bits per heavy atom. The molecular formula is C14H9ClF2O2. The van der Waals surface area contributed by atoms with Gasteiger partial charge in [-0.25, -0.2) is 13.6 Å². The highest BCUT2D eigenvalue weighted by molar-refractivity contribution is 6.30. The fourth-order valence-electron chi connectivity index (χ4n) is 1.54. The molecule has 0 fully saturated rings. The first-order chi connectivity index (χ1) is 8.97. The Bertz CT molecular complexity index is 641. The molecule has 0 N–H and O–H groups in total. The number of esters is 1. The van der Waals surface area contributed by atoms with Crippen LogP contribution in [-0.2, 0) is 0 Å². The fourth-order valence-corrected chi connectivity index (χ4v) is 1.76. The van der Waals surface area contributed by atoms with Crippen LogP contribution in [-0.4, -0.2) is 5.97 Å². The van der Waals surface area contributed by atoms with E-state index in [0.717, 1.165) is 12.1 Å². The van der Waals surface area contributed by atoms with Gasteiger partial charge < -0.3 is 4.74 Å². The minimum atomic E-state index is -0.961. The standard InChI is InChI=1S/C14H9ClF2O2/c1-8-6-9(15)2-5-13(8)19-14(18)11-4-3-10(16)7-12(11)17/h2-7H,1H3. The van der Waals surface area contributed by atoms with Gasteiger partial charge in [0, 0.05) is 11.1 Å². The molecule has 0 aliphatic heterocycles. The third-order valence-corrected chi connectivity index (χ3v) is 2.73. The van der Waals surface area contributed by atoms with E-state index in [1.54, 1.807) is 19.1 Å². The Kier molecular flexibility index (Phi) is 3.81. The van der Waals surface area contributed by atoms with Crippen molar-refractivity contribution in [1.82, 2.24) is 0 Å². The molecule has 0 spiro atoms. The largest absolute Gasteiger partial charge is 0.423 e. The van der Waals surface area contributed by atoms with Gasteiger partial charge in [-0.1, -0.05) is 11.6 Å². The topological polar surface area (TPSA) is 26.3 Å². The molecule has 2 rings (SSSR count). The van der Waals surface area contributed by atoms with Crippen LogP contribution in [0, 0.1) is 18.6 Å². The van der Waals surface area contributed by atoms with Crippen LogP contribution >= 0.6 is 11.6 Å². The molecule has 0 saturated heterocycles. The van der Waals surface area contributed by atoms with E-state index < -0.39 is 17.6 Å². The van der Waals surface area contributed by atoms with E-state index in [2.05, 4.69) is 0 Å². The molecule has 0 unspecified atom stereocenters. The molecular weight excluding hydrogens is 274 g/mol. The molecule has 0 amide bonds. The summed E-state index contributed by atoms with van der Waals surface area (Å²) < 4.78 is 31.2. The van der Waals surface area contributed by atoms with Crippen LogP contribution in [0.15, 0.2) is 36.4 Å². The van der Waals surface area contributed by atoms with Gasteiger partial charge in [-0.2, -0.15) is 0 Å². The molecule has 0 radical (unpaired) electrons. The summed E-state index contributed by atoms with van der Waals surface area (Å²) in [5.74, 6) is -2.32. The third-order valence-electron chi connectivity index (χ3n) is 2.49. The second-order valence-electron chi connectivity index (χ2n) is 3.92. The Hall–Kier alpha value is -1.94. The Balaban J connectivity index is 2.25. The van der Waals surface area contributed by atoms with Crippen molar-refractivity contribution in [2.45, 2.75) is 6.92 Å². The van der Waals surface area contributed by atoms with Crippen molar-refractivity contribution in [3.8, 4) is 5.75 Å². The molecule has 0 aliphatic rings. The minimum Gasteiger partial charge on any atom is -0.423 e. The molecule has 0 aliphatic carbocycles. The van der Waals surface area contributed by atoms with Crippen LogP contribution < -0.4 is 4.74 Å². The van der Waals surface area contributed by atoms with Crippen LogP contribution in [0.4, 0.5) is 8.78 Å². The Labute approximate surface area is 113 Å². The lowest BCUT2D eigenvalue weighted by Crippen LogP contribution is -2.11. The summed E-state index contributed by atoms with van der Waals surface area (Å²) in [6.45, 7) is 1.70. The van der Waals surface area contributed by atoms with Crippen molar-refractivity contribution < 1.29 is 18.3 Å². The SMILES string of the molecule is Cc1cc(Cl)ccc1OC(=O)c1ccc(F)cc1F. The highest BCUT2D eigenvalue weighted by Crippen LogP contribution is 2.23. The lowest BCUT2D eigenvalue weighted by Gasteiger charge is -2.08. The van der Waals surface area contributed by atoms with Gasteiger partial charge in [-0.15, -0.1) is 0 Å². The average molecular weight is 283 g/mol. The quantitative estimate of drug-likeness (QED) is 0.611. The molecule has 0 bridgehead atoms. The zero-order valence-electron chi connectivity index (χ0n) is 9.91. The Morgan fingerprint density at radius 1 is 1.16 bits per heavy atom. The summed E-state index contributed by atoms with van der Waals surface area (Å²) in [5.41, 5.74) is 0.319. The maximum Gasteiger partial charge on any atom is 0.346 e. The van der Waals surface area contributed by atoms with Crippen molar-refractivity contribution in [3.63, 3.8) is 0 Å². The summed E-state index contributed by atoms with van der Waals surface area (Å²) in [6, 6.07) is 7.35. The minimum absolute atomic E-state index is 0.276. The van der Waals surface area contributed by atoms with E-state index in [-0.39, 0.29) is 11.3 Å². The number of ether oxygens (including phenoxy) is 1. The van der Waals surface area contributed by atoms with Gasteiger partial charge in [0.25, 0.3) is 0 Å². The zero-order chi connectivity index (χ0) is 14.0. The number of carbonyl (C=O) groups excluding carboxylic acids is 1. The molecule has 0 saturated carbocycles. The predicted molar refractivity (Wildman–Crippen MR) is 67.5 cm³/mol. The highest BCUT2D eigenvalue weighted by atomic mass is 35.5. The molecule has 0 atom stereocenters. The van der Waals surface area contributed by atoms with Gasteiger partial charge in [-0.3, -0.25) is 0 Å². The summed E-state index contributed by atoms with van der Waals surface area (Å²) >= 11 is 5.77. The number of carbonyl (C=O) groups is 1. The number of aryl methyl sites for hydroxylation is 1. The van der Waals surface area contributed by atoms with Crippen LogP contribution in [0.2, 0.25) is 5.02 Å². The lowest BCUT2D eigenvalue weighted by molar-refractivity contribution is 0.0728. The average Bonchev–Trinajstić information content (AvgIpc) is 2.32. The van der Waals surface area contributed by atoms with Crippen molar-refractivity contribution in [2.75, 3.05) is 0 Å². The normalized spacial score (nSPS) is 10.3. The number of halogens is 3. The van der Waals surface area contributed by atoms with Crippen molar-refractivity contribution in [2.24, 2.45) is 0 Å². The van der Waals surface area contributed by atoms with Gasteiger partial charge in [-0.05, 0) is 42.8 Å². The van der Waals surface area contributed by atoms with E-state index in [9.17, 15) is 13.6 Å². The molecule has 19 heavy (non-hydrogen) atoms. The van der Waals surface area contributed by atoms with Crippen LogP contribution in [0.25, 0.3) is 0 Å². The lowest BCUT2D eigenvalue weighted by atomic mass is 10.2. The molecule has 5 heteroatoms. The zero-order valence-corrected chi connectivity index (χ0v) is 10.7. The fraction of sp³-hybridized carbons (Fsp3) is 0.0714. The van der Waals surface area contributed by atoms with E-state index in [0.29, 0.717) is 16.7 Å². The maximum atomic E-state index is 13.4. The molecule has 2 aromatic rings. The van der Waals surface area contributed by atoms with E-state index in [1.807, 2.05) is 0 Å². The molecule has 2 aromatic carbocycles. The van der Waals surface area contributed by atoms with E-state index in [4.69, 9.17) is 16.3 Å². The second-order valence-corrected chi connectivity index (χ2v) is 4.36. The van der Waals surface area contributed by atoms with E-state index in [1.165, 1.54) is 6.07 Å². The predicted octanol–water partition coefficient (Wildman–Crippen LogP) is 4.15. The first-order valence-corrected chi connectivity index (χ1v) is 5.78. The van der Waals surface area contributed by atoms with Gasteiger partial charge in [0.1, 0.15) is 17.4 Å². The summed E-state index contributed by atoms with van der Waals surface area (Å²) in [5, 5.41) is 0.505. The number of hydrogen-bond acceptors (Lipinski definition) is 2. The van der Waals surface area contributed by atoms with E-state index >= 15 is 0 Å². The van der Waals surface area contributed by atoms with Gasteiger partial charge >= 0.3 is 5.97 Å². The number of hydrogen-bond donors (Lipinski definition) is 0. The summed E-state index contributed by atoms with van der Waals surface area (Å²) in [7, 11) is 0. The first kappa shape index (κ1) is 13.5. The third kappa shape index (κ3) is 3.09. The molecule has 98 valence electrons. The number of benzene rings is 2. The van der Waals surface area contributed by atoms with Gasteiger partial charge in [0.2, 0.25) is 0 Å². The molecule has 2 nitrogen and oxygen atoms in total.